The maximum atomic E-state index is 7.33. The molecule has 1 aliphatic carbocycles. The minimum Gasteiger partial charge on any atom is -0.398 e. The van der Waals surface area contributed by atoms with Gasteiger partial charge in [0.05, 0.1) is 0 Å². The third-order valence-corrected chi connectivity index (χ3v) is 12.9. The SMILES string of the molecule is C=CC1=C(\C=C)c2ccccc2\C=C/C(C(/N)=C/C(c2ccccc2)c2cc(C(/C=C\C)=C/C(=C)c3ccccc3S)ccc2-c2ccc3sc4ccccc4c3c2)=C\C=C\C=C\1. The van der Waals surface area contributed by atoms with Gasteiger partial charge < -0.3 is 5.73 Å². The second-order valence-electron chi connectivity index (χ2n) is 15.3. The molecule has 1 aliphatic rings. The zero-order chi connectivity index (χ0) is 43.7. The maximum absolute atomic E-state index is 7.33. The average molecular weight is 848 g/mol. The summed E-state index contributed by atoms with van der Waals surface area (Å²) in [4.78, 5) is 0.888. The third-order valence-electron chi connectivity index (χ3n) is 11.4. The number of rotatable bonds is 11. The van der Waals surface area contributed by atoms with Gasteiger partial charge in [0.15, 0.2) is 0 Å². The highest BCUT2D eigenvalue weighted by molar-refractivity contribution is 7.80. The highest BCUT2D eigenvalue weighted by Crippen LogP contribution is 2.41. The Morgan fingerprint density at radius 2 is 1.46 bits per heavy atom. The molecule has 0 aliphatic heterocycles. The zero-order valence-corrected chi connectivity index (χ0v) is 37.1. The number of thiophene rings is 1. The Balaban J connectivity index is 1.33. The molecule has 1 unspecified atom stereocenters. The fourth-order valence-corrected chi connectivity index (χ4v) is 9.62. The Bertz CT molecular complexity index is 3140. The number of benzene rings is 6. The number of allylic oxidation sites excluding steroid dienone is 16. The topological polar surface area (TPSA) is 26.0 Å². The van der Waals surface area contributed by atoms with Gasteiger partial charge in [0.1, 0.15) is 0 Å². The molecule has 1 aromatic heterocycles. The van der Waals surface area contributed by atoms with Crippen LogP contribution in [0.1, 0.15) is 46.2 Å². The molecular formula is C60H49NS2. The van der Waals surface area contributed by atoms with Gasteiger partial charge in [-0.05, 0) is 122 Å². The van der Waals surface area contributed by atoms with Crippen LogP contribution in [0.2, 0.25) is 0 Å². The van der Waals surface area contributed by atoms with Gasteiger partial charge in [0, 0.05) is 36.7 Å². The predicted octanol–water partition coefficient (Wildman–Crippen LogP) is 16.5. The van der Waals surface area contributed by atoms with E-state index in [1.165, 1.54) is 20.2 Å². The number of nitrogens with two attached hydrogens (primary N) is 1. The summed E-state index contributed by atoms with van der Waals surface area (Å²) in [5.41, 5.74) is 21.6. The first-order valence-electron chi connectivity index (χ1n) is 21.1. The largest absolute Gasteiger partial charge is 0.398 e. The molecule has 0 saturated carbocycles. The average Bonchev–Trinajstić information content (AvgIpc) is 3.69. The summed E-state index contributed by atoms with van der Waals surface area (Å²) in [6.45, 7) is 14.8. The first kappa shape index (κ1) is 42.5. The molecule has 0 saturated heterocycles. The molecule has 0 bridgehead atoms. The highest BCUT2D eigenvalue weighted by atomic mass is 32.1. The molecule has 0 spiro atoms. The minimum absolute atomic E-state index is 0.221. The number of fused-ring (bicyclic) bond motifs is 4. The zero-order valence-electron chi connectivity index (χ0n) is 35.4. The van der Waals surface area contributed by atoms with Crippen molar-refractivity contribution in [2.75, 3.05) is 0 Å². The summed E-state index contributed by atoms with van der Waals surface area (Å²) in [5.74, 6) is -0.221. The van der Waals surface area contributed by atoms with Crippen molar-refractivity contribution in [3.63, 3.8) is 0 Å². The predicted molar refractivity (Wildman–Crippen MR) is 280 cm³/mol. The maximum Gasteiger partial charge on any atom is 0.0356 e. The van der Waals surface area contributed by atoms with Crippen LogP contribution in [0.15, 0.2) is 254 Å². The van der Waals surface area contributed by atoms with E-state index in [0.717, 1.165) is 77.3 Å². The van der Waals surface area contributed by atoms with Crippen molar-refractivity contribution in [1.82, 2.24) is 0 Å². The van der Waals surface area contributed by atoms with Crippen LogP contribution in [0.25, 0.3) is 54.1 Å². The molecule has 0 fully saturated rings. The summed E-state index contributed by atoms with van der Waals surface area (Å²) in [6.07, 6.45) is 26.9. The van der Waals surface area contributed by atoms with Crippen molar-refractivity contribution in [1.29, 1.82) is 0 Å². The van der Waals surface area contributed by atoms with Crippen LogP contribution < -0.4 is 5.73 Å². The van der Waals surface area contributed by atoms with Crippen LogP contribution in [0.3, 0.4) is 0 Å². The summed E-state index contributed by atoms with van der Waals surface area (Å²) < 4.78 is 2.55. The van der Waals surface area contributed by atoms with Crippen LogP contribution in [-0.2, 0) is 0 Å². The van der Waals surface area contributed by atoms with Crippen LogP contribution in [0.5, 0.6) is 0 Å². The molecule has 1 nitrogen and oxygen atoms in total. The molecule has 306 valence electrons. The van der Waals surface area contributed by atoms with E-state index in [1.54, 1.807) is 0 Å². The van der Waals surface area contributed by atoms with Crippen LogP contribution in [-0.4, -0.2) is 0 Å². The summed E-state index contributed by atoms with van der Waals surface area (Å²) >= 11 is 6.60. The molecule has 3 heteroatoms. The van der Waals surface area contributed by atoms with Crippen molar-refractivity contribution in [3.8, 4) is 11.1 Å². The molecule has 1 heterocycles. The first-order chi connectivity index (χ1) is 30.9. The van der Waals surface area contributed by atoms with Gasteiger partial charge in [-0.2, -0.15) is 0 Å². The molecule has 0 radical (unpaired) electrons. The number of hydrogen-bond acceptors (Lipinski definition) is 3. The lowest BCUT2D eigenvalue weighted by Crippen LogP contribution is -2.07. The molecule has 6 aromatic carbocycles. The molecule has 7 aromatic rings. The Hall–Kier alpha value is -7.17. The van der Waals surface area contributed by atoms with Gasteiger partial charge in [0.25, 0.3) is 0 Å². The summed E-state index contributed by atoms with van der Waals surface area (Å²) in [5, 5.41) is 2.52. The molecule has 0 amide bonds. The van der Waals surface area contributed by atoms with E-state index in [-0.39, 0.29) is 5.92 Å². The van der Waals surface area contributed by atoms with Crippen molar-refractivity contribution in [2.45, 2.75) is 17.7 Å². The lowest BCUT2D eigenvalue weighted by Gasteiger charge is -2.22. The van der Waals surface area contributed by atoms with Crippen molar-refractivity contribution < 1.29 is 0 Å². The van der Waals surface area contributed by atoms with E-state index in [4.69, 9.17) is 18.4 Å². The Kier molecular flexibility index (Phi) is 13.3. The van der Waals surface area contributed by atoms with Gasteiger partial charge in [-0.3, -0.25) is 0 Å². The lowest BCUT2D eigenvalue weighted by molar-refractivity contribution is 1.01. The van der Waals surface area contributed by atoms with Gasteiger partial charge in [0.2, 0.25) is 0 Å². The summed E-state index contributed by atoms with van der Waals surface area (Å²) in [7, 11) is 0. The molecule has 8 rings (SSSR count). The third kappa shape index (κ3) is 9.37. The first-order valence-corrected chi connectivity index (χ1v) is 22.3. The number of hydrogen-bond donors (Lipinski definition) is 2. The van der Waals surface area contributed by atoms with Gasteiger partial charge in [-0.1, -0.05) is 196 Å². The summed E-state index contributed by atoms with van der Waals surface area (Å²) in [6, 6.07) is 49.5. The van der Waals surface area contributed by atoms with E-state index < -0.39 is 0 Å². The fraction of sp³-hybridized carbons (Fsp3) is 0.0333. The van der Waals surface area contributed by atoms with Crippen molar-refractivity contribution in [2.24, 2.45) is 5.73 Å². The van der Waals surface area contributed by atoms with Gasteiger partial charge >= 0.3 is 0 Å². The molecule has 2 N–H and O–H groups in total. The monoisotopic (exact) mass is 847 g/mol. The van der Waals surface area contributed by atoms with Crippen molar-refractivity contribution >= 4 is 66.9 Å². The molecule has 1 atom stereocenters. The Labute approximate surface area is 381 Å². The van der Waals surface area contributed by atoms with Crippen LogP contribution in [0.4, 0.5) is 0 Å². The van der Waals surface area contributed by atoms with Gasteiger partial charge in [-0.25, -0.2) is 0 Å². The van der Waals surface area contributed by atoms with E-state index in [9.17, 15) is 0 Å². The van der Waals surface area contributed by atoms with E-state index in [2.05, 4.69) is 197 Å². The smallest absolute Gasteiger partial charge is 0.0356 e. The normalized spacial score (nSPS) is 17.5. The Morgan fingerprint density at radius 1 is 0.698 bits per heavy atom. The minimum atomic E-state index is -0.221. The van der Waals surface area contributed by atoms with E-state index in [1.807, 2.05) is 59.9 Å². The number of thiol groups is 1. The molecule has 63 heavy (non-hydrogen) atoms. The van der Waals surface area contributed by atoms with E-state index >= 15 is 0 Å². The van der Waals surface area contributed by atoms with Crippen LogP contribution >= 0.6 is 24.0 Å². The quantitative estimate of drug-likeness (QED) is 0.0984. The standard InChI is InChI=1S/C60H49NS2/c1-5-20-46(37-41(4)50-26-16-18-29-58(50)62)47-33-35-52(48-34-36-60-56(39-48)53-28-17-19-30-59(53)63-60)55(38-47)54(43-22-11-9-12-23-43)40-57(61)45-25-13-8-10-21-42(6-2)49(7-3)51-27-15-14-24-44(51)31-32-45/h5-40,54,62H,2-4,61H2,1H3/b10-8?,13-8+,20-5-,21-10+,25-13?,32-31-,42-21?,44-31?,45-25+,45-32?,46-37+,49-42-,51-49?,57-40-. The highest BCUT2D eigenvalue weighted by Gasteiger charge is 2.21. The Morgan fingerprint density at radius 3 is 2.27 bits per heavy atom. The fourth-order valence-electron chi connectivity index (χ4n) is 8.22. The van der Waals surface area contributed by atoms with E-state index in [0.29, 0.717) is 5.70 Å². The van der Waals surface area contributed by atoms with Crippen molar-refractivity contribution in [3.05, 3.63) is 282 Å². The van der Waals surface area contributed by atoms with Gasteiger partial charge in [-0.15, -0.1) is 24.0 Å². The second-order valence-corrected chi connectivity index (χ2v) is 16.9. The molecular weight excluding hydrogens is 799 g/mol. The lowest BCUT2D eigenvalue weighted by atomic mass is 9.82. The van der Waals surface area contributed by atoms with Crippen LogP contribution in [0, 0.1) is 0 Å². The second kappa shape index (κ2) is 19.7.